The lowest BCUT2D eigenvalue weighted by atomic mass is 10.3. The molecule has 0 N–H and O–H groups in total. The molecule has 0 saturated heterocycles. The number of pyridine rings is 1. The van der Waals surface area contributed by atoms with Gasteiger partial charge < -0.3 is 4.74 Å². The van der Waals surface area contributed by atoms with Crippen LogP contribution in [0, 0.1) is 0 Å². The van der Waals surface area contributed by atoms with Crippen LogP contribution in [0.2, 0.25) is 0 Å². The van der Waals surface area contributed by atoms with E-state index in [1.54, 1.807) is 0 Å². The van der Waals surface area contributed by atoms with Crippen molar-refractivity contribution in [3.63, 3.8) is 0 Å². The molecule has 118 valence electrons. The highest BCUT2D eigenvalue weighted by Crippen LogP contribution is 2.29. The summed E-state index contributed by atoms with van der Waals surface area (Å²) in [7, 11) is -2.57. The van der Waals surface area contributed by atoms with Crippen molar-refractivity contribution in [2.75, 3.05) is 20.2 Å². The van der Waals surface area contributed by atoms with Gasteiger partial charge in [0.05, 0.1) is 18.3 Å². The van der Waals surface area contributed by atoms with Crippen LogP contribution < -0.4 is 0 Å². The largest absolute Gasteiger partial charge is 0.417 e. The van der Waals surface area contributed by atoms with Crippen molar-refractivity contribution in [2.45, 2.75) is 30.1 Å². The average Bonchev–Trinajstić information content (AvgIpc) is 3.22. The van der Waals surface area contributed by atoms with Crippen LogP contribution >= 0.6 is 0 Å². The second kappa shape index (κ2) is 5.90. The molecule has 9 heteroatoms. The van der Waals surface area contributed by atoms with E-state index in [2.05, 4.69) is 4.98 Å². The van der Waals surface area contributed by atoms with Crippen LogP contribution in [0.5, 0.6) is 0 Å². The van der Waals surface area contributed by atoms with Crippen molar-refractivity contribution >= 4 is 10.0 Å². The predicted molar refractivity (Wildman–Crippen MR) is 68.0 cm³/mol. The van der Waals surface area contributed by atoms with Gasteiger partial charge in [-0.25, -0.2) is 13.4 Å². The normalized spacial score (nSPS) is 16.4. The van der Waals surface area contributed by atoms with Gasteiger partial charge in [0.1, 0.15) is 0 Å². The Balaban J connectivity index is 2.03. The SMILES string of the molecule is CN(CCOC1CC1)S(=O)(=O)c1ccc(C(F)(F)F)cn1. The van der Waals surface area contributed by atoms with Gasteiger partial charge in [0.15, 0.2) is 5.03 Å². The zero-order chi connectivity index (χ0) is 15.7. The first-order valence-corrected chi connectivity index (χ1v) is 7.76. The molecule has 1 heterocycles. The maximum absolute atomic E-state index is 12.4. The van der Waals surface area contributed by atoms with Crippen LogP contribution in [-0.2, 0) is 20.9 Å². The maximum atomic E-state index is 12.4. The standard InChI is InChI=1S/C12H15F3N2O3S/c1-17(6-7-20-10-3-4-10)21(18,19)11-5-2-9(8-16-11)12(13,14)15/h2,5,8,10H,3-4,6-7H2,1H3. The molecule has 0 bridgehead atoms. The number of hydrogen-bond donors (Lipinski definition) is 0. The summed E-state index contributed by atoms with van der Waals surface area (Å²) in [5, 5.41) is -0.413. The summed E-state index contributed by atoms with van der Waals surface area (Å²) < 4.78 is 67.8. The van der Waals surface area contributed by atoms with Crippen molar-refractivity contribution in [2.24, 2.45) is 0 Å². The molecular formula is C12H15F3N2O3S. The molecule has 1 aliphatic rings. The summed E-state index contributed by atoms with van der Waals surface area (Å²) in [5.74, 6) is 0. The topological polar surface area (TPSA) is 59.5 Å². The fraction of sp³-hybridized carbons (Fsp3) is 0.583. The van der Waals surface area contributed by atoms with Gasteiger partial charge in [-0.15, -0.1) is 0 Å². The molecular weight excluding hydrogens is 309 g/mol. The minimum atomic E-state index is -4.54. The molecule has 1 aliphatic carbocycles. The van der Waals surface area contributed by atoms with Crippen LogP contribution in [0.25, 0.3) is 0 Å². The van der Waals surface area contributed by atoms with E-state index in [1.165, 1.54) is 7.05 Å². The van der Waals surface area contributed by atoms with Crippen molar-refractivity contribution in [3.8, 4) is 0 Å². The second-order valence-electron chi connectivity index (χ2n) is 4.78. The Morgan fingerprint density at radius 2 is 2.05 bits per heavy atom. The zero-order valence-corrected chi connectivity index (χ0v) is 12.1. The van der Waals surface area contributed by atoms with Crippen molar-refractivity contribution in [3.05, 3.63) is 23.9 Å². The highest BCUT2D eigenvalue weighted by Gasteiger charge is 2.32. The Morgan fingerprint density at radius 1 is 1.38 bits per heavy atom. The summed E-state index contributed by atoms with van der Waals surface area (Å²) in [6, 6.07) is 1.56. The van der Waals surface area contributed by atoms with Crippen LogP contribution in [0.4, 0.5) is 13.2 Å². The first-order chi connectivity index (χ1) is 9.71. The number of ether oxygens (including phenoxy) is 1. The van der Waals surface area contributed by atoms with Crippen molar-refractivity contribution < 1.29 is 26.3 Å². The monoisotopic (exact) mass is 324 g/mol. The Bertz CT molecular complexity index is 583. The fourth-order valence-corrected chi connectivity index (χ4v) is 2.62. The number of likely N-dealkylation sites (N-methyl/N-ethyl adjacent to an activating group) is 1. The van der Waals surface area contributed by atoms with Crippen molar-refractivity contribution in [1.29, 1.82) is 0 Å². The fourth-order valence-electron chi connectivity index (χ4n) is 1.56. The van der Waals surface area contributed by atoms with Gasteiger partial charge in [0, 0.05) is 19.8 Å². The molecule has 1 saturated carbocycles. The molecule has 0 amide bonds. The summed E-state index contributed by atoms with van der Waals surface area (Å²) in [5.41, 5.74) is -0.985. The van der Waals surface area contributed by atoms with E-state index in [1.807, 2.05) is 0 Å². The Morgan fingerprint density at radius 3 is 2.52 bits per heavy atom. The number of rotatable bonds is 6. The molecule has 0 aliphatic heterocycles. The number of hydrogen-bond acceptors (Lipinski definition) is 4. The van der Waals surface area contributed by atoms with Crippen LogP contribution in [0.3, 0.4) is 0 Å². The number of nitrogens with zero attached hydrogens (tertiary/aromatic N) is 2. The quantitative estimate of drug-likeness (QED) is 0.802. The lowest BCUT2D eigenvalue weighted by Crippen LogP contribution is -2.31. The summed E-state index contributed by atoms with van der Waals surface area (Å²) in [4.78, 5) is 3.40. The highest BCUT2D eigenvalue weighted by atomic mass is 32.2. The minimum Gasteiger partial charge on any atom is -0.377 e. The van der Waals surface area contributed by atoms with Gasteiger partial charge in [0.25, 0.3) is 10.0 Å². The minimum absolute atomic E-state index is 0.127. The first kappa shape index (κ1) is 16.2. The Hall–Kier alpha value is -1.19. The molecule has 5 nitrogen and oxygen atoms in total. The molecule has 2 rings (SSSR count). The Labute approximate surface area is 120 Å². The summed E-state index contributed by atoms with van der Waals surface area (Å²) in [6.45, 7) is 0.378. The van der Waals surface area contributed by atoms with E-state index in [-0.39, 0.29) is 19.3 Å². The number of aromatic nitrogens is 1. The molecule has 0 unspecified atom stereocenters. The van der Waals surface area contributed by atoms with Crippen LogP contribution in [0.1, 0.15) is 18.4 Å². The third-order valence-corrected chi connectivity index (χ3v) is 4.80. The van der Waals surface area contributed by atoms with Crippen molar-refractivity contribution in [1.82, 2.24) is 9.29 Å². The Kier molecular flexibility index (Phi) is 4.54. The van der Waals surface area contributed by atoms with E-state index < -0.39 is 26.8 Å². The van der Waals surface area contributed by atoms with E-state index in [0.717, 1.165) is 23.2 Å². The van der Waals surface area contributed by atoms with Gasteiger partial charge in [-0.05, 0) is 25.0 Å². The molecule has 1 fully saturated rings. The van der Waals surface area contributed by atoms with E-state index >= 15 is 0 Å². The third-order valence-electron chi connectivity index (χ3n) is 3.02. The van der Waals surface area contributed by atoms with E-state index in [9.17, 15) is 21.6 Å². The summed E-state index contributed by atoms with van der Waals surface area (Å²) in [6.07, 6.45) is -1.85. The zero-order valence-electron chi connectivity index (χ0n) is 11.3. The molecule has 1 aromatic heterocycles. The molecule has 21 heavy (non-hydrogen) atoms. The van der Waals surface area contributed by atoms with E-state index in [0.29, 0.717) is 12.3 Å². The van der Waals surface area contributed by atoms with Crippen LogP contribution in [-0.4, -0.2) is 44.0 Å². The molecule has 0 radical (unpaired) electrons. The van der Waals surface area contributed by atoms with Gasteiger partial charge >= 0.3 is 6.18 Å². The molecule has 0 atom stereocenters. The predicted octanol–water partition coefficient (Wildman–Crippen LogP) is 1.90. The molecule has 1 aromatic rings. The number of alkyl halides is 3. The third kappa shape index (κ3) is 4.14. The number of halogens is 3. The lowest BCUT2D eigenvalue weighted by molar-refractivity contribution is -0.137. The van der Waals surface area contributed by atoms with Gasteiger partial charge in [0.2, 0.25) is 0 Å². The van der Waals surface area contributed by atoms with E-state index in [4.69, 9.17) is 4.74 Å². The maximum Gasteiger partial charge on any atom is 0.417 e. The average molecular weight is 324 g/mol. The van der Waals surface area contributed by atoms with Gasteiger partial charge in [-0.3, -0.25) is 0 Å². The molecule has 0 aromatic carbocycles. The number of sulfonamides is 1. The second-order valence-corrected chi connectivity index (χ2v) is 6.77. The molecule has 0 spiro atoms. The lowest BCUT2D eigenvalue weighted by Gasteiger charge is -2.16. The summed E-state index contributed by atoms with van der Waals surface area (Å²) >= 11 is 0. The first-order valence-electron chi connectivity index (χ1n) is 6.32. The van der Waals surface area contributed by atoms with Crippen LogP contribution in [0.15, 0.2) is 23.4 Å². The van der Waals surface area contributed by atoms with Gasteiger partial charge in [-0.2, -0.15) is 17.5 Å². The smallest absolute Gasteiger partial charge is 0.377 e. The van der Waals surface area contributed by atoms with Gasteiger partial charge in [-0.1, -0.05) is 0 Å². The highest BCUT2D eigenvalue weighted by molar-refractivity contribution is 7.89.